The molecule has 0 unspecified atom stereocenters. The van der Waals surface area contributed by atoms with Gasteiger partial charge in [0.25, 0.3) is 5.56 Å². The van der Waals surface area contributed by atoms with Crippen molar-refractivity contribution in [1.29, 1.82) is 0 Å². The molecule has 0 saturated carbocycles. The van der Waals surface area contributed by atoms with E-state index in [4.69, 9.17) is 4.52 Å². The molecule has 0 atom stereocenters. The molecule has 0 saturated heterocycles. The van der Waals surface area contributed by atoms with Crippen LogP contribution in [0.2, 0.25) is 0 Å². The Bertz CT molecular complexity index is 1340. The van der Waals surface area contributed by atoms with Gasteiger partial charge in [-0.25, -0.2) is 4.79 Å². The lowest BCUT2D eigenvalue weighted by atomic mass is 10.1. The lowest BCUT2D eigenvalue weighted by Crippen LogP contribution is -2.38. The number of fused-ring (bicyclic) bond motifs is 1. The minimum Gasteiger partial charge on any atom is -0.337 e. The molecule has 148 valence electrons. The topological polar surface area (TPSA) is 82.9 Å². The minimum absolute atomic E-state index is 0.0170. The third kappa shape index (κ3) is 3.33. The summed E-state index contributed by atoms with van der Waals surface area (Å²) in [6.07, 6.45) is -4.50. The highest BCUT2D eigenvalue weighted by atomic mass is 19.4. The summed E-state index contributed by atoms with van der Waals surface area (Å²) < 4.78 is 46.1. The zero-order valence-corrected chi connectivity index (χ0v) is 15.0. The van der Waals surface area contributed by atoms with Gasteiger partial charge in [0.05, 0.1) is 16.5 Å². The minimum atomic E-state index is -4.50. The summed E-state index contributed by atoms with van der Waals surface area (Å²) in [7, 11) is 1.36. The number of alkyl halides is 3. The Kier molecular flexibility index (Phi) is 4.33. The van der Waals surface area contributed by atoms with Crippen LogP contribution in [0.4, 0.5) is 13.2 Å². The van der Waals surface area contributed by atoms with Crippen LogP contribution < -0.4 is 11.2 Å². The van der Waals surface area contributed by atoms with Gasteiger partial charge in [-0.2, -0.15) is 18.2 Å². The lowest BCUT2D eigenvalue weighted by Gasteiger charge is -2.09. The van der Waals surface area contributed by atoms with Crippen LogP contribution in [0.1, 0.15) is 11.5 Å². The van der Waals surface area contributed by atoms with E-state index < -0.39 is 23.0 Å². The quantitative estimate of drug-likeness (QED) is 0.526. The second kappa shape index (κ2) is 6.73. The maximum absolute atomic E-state index is 12.9. The van der Waals surface area contributed by atoms with E-state index in [9.17, 15) is 22.8 Å². The first kappa shape index (κ1) is 18.7. The molecule has 4 rings (SSSR count). The molecule has 7 nitrogen and oxygen atoms in total. The van der Waals surface area contributed by atoms with Crippen LogP contribution in [-0.2, 0) is 19.8 Å². The molecule has 4 aromatic rings. The van der Waals surface area contributed by atoms with Crippen molar-refractivity contribution in [3.63, 3.8) is 0 Å². The van der Waals surface area contributed by atoms with Crippen molar-refractivity contribution < 1.29 is 17.7 Å². The molecule has 0 aliphatic carbocycles. The first-order valence-electron chi connectivity index (χ1n) is 8.44. The maximum atomic E-state index is 12.9. The number of aromatic nitrogens is 4. The average Bonchev–Trinajstić information content (AvgIpc) is 3.18. The number of rotatable bonds is 3. The summed E-state index contributed by atoms with van der Waals surface area (Å²) in [5, 5.41) is 4.06. The molecule has 2 heterocycles. The number of para-hydroxylation sites is 1. The van der Waals surface area contributed by atoms with Gasteiger partial charge in [0.2, 0.25) is 11.7 Å². The maximum Gasteiger partial charge on any atom is 0.416 e. The van der Waals surface area contributed by atoms with E-state index in [0.29, 0.717) is 10.9 Å². The van der Waals surface area contributed by atoms with Crippen LogP contribution in [0.5, 0.6) is 0 Å². The van der Waals surface area contributed by atoms with Crippen molar-refractivity contribution in [2.24, 2.45) is 7.05 Å². The molecule has 2 aromatic heterocycles. The predicted molar refractivity (Wildman–Crippen MR) is 97.3 cm³/mol. The van der Waals surface area contributed by atoms with Crippen LogP contribution in [0.15, 0.2) is 62.6 Å². The molecule has 0 N–H and O–H groups in total. The molecular weight excluding hydrogens is 389 g/mol. The SMILES string of the molecule is Cn1c(=O)c2ccccc2n(Cc2nc(-c3cccc(C(F)(F)F)c3)no2)c1=O. The van der Waals surface area contributed by atoms with E-state index in [1.807, 2.05) is 0 Å². The van der Waals surface area contributed by atoms with Crippen molar-refractivity contribution in [3.8, 4) is 11.4 Å². The van der Waals surface area contributed by atoms with Crippen molar-refractivity contribution in [3.05, 3.63) is 80.8 Å². The molecule has 0 spiro atoms. The first-order valence-corrected chi connectivity index (χ1v) is 8.44. The lowest BCUT2D eigenvalue weighted by molar-refractivity contribution is -0.137. The normalized spacial score (nSPS) is 11.9. The zero-order chi connectivity index (χ0) is 20.8. The Morgan fingerprint density at radius 1 is 1.07 bits per heavy atom. The molecule has 0 aliphatic rings. The van der Waals surface area contributed by atoms with Gasteiger partial charge in [-0.3, -0.25) is 13.9 Å². The second-order valence-corrected chi connectivity index (χ2v) is 6.34. The predicted octanol–water partition coefficient (Wildman–Crippen LogP) is 2.82. The van der Waals surface area contributed by atoms with Gasteiger partial charge < -0.3 is 4.52 Å². The van der Waals surface area contributed by atoms with E-state index >= 15 is 0 Å². The molecule has 0 fully saturated rings. The van der Waals surface area contributed by atoms with Gasteiger partial charge in [0, 0.05) is 12.6 Å². The first-order chi connectivity index (χ1) is 13.8. The summed E-state index contributed by atoms with van der Waals surface area (Å²) in [6.45, 7) is -0.139. The largest absolute Gasteiger partial charge is 0.416 e. The number of hydrogen-bond acceptors (Lipinski definition) is 5. The molecular formula is C19H13F3N4O3. The number of benzene rings is 2. The zero-order valence-electron chi connectivity index (χ0n) is 15.0. The fourth-order valence-corrected chi connectivity index (χ4v) is 3.00. The molecule has 10 heteroatoms. The number of halogens is 3. The summed E-state index contributed by atoms with van der Waals surface area (Å²) >= 11 is 0. The Balaban J connectivity index is 1.75. The fraction of sp³-hybridized carbons (Fsp3) is 0.158. The Hall–Kier alpha value is -3.69. The van der Waals surface area contributed by atoms with Gasteiger partial charge in [-0.15, -0.1) is 0 Å². The molecule has 2 aromatic carbocycles. The number of hydrogen-bond donors (Lipinski definition) is 0. The van der Waals surface area contributed by atoms with Crippen molar-refractivity contribution in [1.82, 2.24) is 19.3 Å². The van der Waals surface area contributed by atoms with Gasteiger partial charge >= 0.3 is 11.9 Å². The molecule has 29 heavy (non-hydrogen) atoms. The standard InChI is InChI=1S/C19H13F3N4O3/c1-25-17(27)13-7-2-3-8-14(13)26(18(25)28)10-15-23-16(24-29-15)11-5-4-6-12(9-11)19(20,21)22/h2-9H,10H2,1H3. The third-order valence-corrected chi connectivity index (χ3v) is 4.46. The summed E-state index contributed by atoms with van der Waals surface area (Å²) in [4.78, 5) is 28.9. The van der Waals surface area contributed by atoms with Gasteiger partial charge in [-0.05, 0) is 24.3 Å². The van der Waals surface area contributed by atoms with E-state index in [0.717, 1.165) is 16.7 Å². The summed E-state index contributed by atoms with van der Waals surface area (Å²) in [5.74, 6) is -0.0170. The van der Waals surface area contributed by atoms with E-state index in [1.165, 1.54) is 23.7 Å². The van der Waals surface area contributed by atoms with Gasteiger partial charge in [0.1, 0.15) is 6.54 Å². The van der Waals surface area contributed by atoms with Crippen molar-refractivity contribution in [2.45, 2.75) is 12.7 Å². The second-order valence-electron chi connectivity index (χ2n) is 6.34. The number of nitrogens with zero attached hydrogens (tertiary/aromatic N) is 4. The highest BCUT2D eigenvalue weighted by Crippen LogP contribution is 2.31. The smallest absolute Gasteiger partial charge is 0.337 e. The van der Waals surface area contributed by atoms with Crippen LogP contribution in [-0.4, -0.2) is 19.3 Å². The van der Waals surface area contributed by atoms with Crippen molar-refractivity contribution in [2.75, 3.05) is 0 Å². The van der Waals surface area contributed by atoms with Gasteiger partial charge in [-0.1, -0.05) is 29.4 Å². The summed E-state index contributed by atoms with van der Waals surface area (Å²) in [6, 6.07) is 11.1. The van der Waals surface area contributed by atoms with Crippen LogP contribution in [0.3, 0.4) is 0 Å². The fourth-order valence-electron chi connectivity index (χ4n) is 3.00. The van der Waals surface area contributed by atoms with E-state index in [1.54, 1.807) is 24.3 Å². The molecule has 0 bridgehead atoms. The molecule has 0 amide bonds. The molecule has 0 radical (unpaired) electrons. The van der Waals surface area contributed by atoms with E-state index in [-0.39, 0.29) is 23.8 Å². The monoisotopic (exact) mass is 402 g/mol. The highest BCUT2D eigenvalue weighted by Gasteiger charge is 2.30. The van der Waals surface area contributed by atoms with Crippen LogP contribution in [0, 0.1) is 0 Å². The van der Waals surface area contributed by atoms with Crippen LogP contribution in [0.25, 0.3) is 22.3 Å². The third-order valence-electron chi connectivity index (χ3n) is 4.46. The Morgan fingerprint density at radius 3 is 2.59 bits per heavy atom. The average molecular weight is 402 g/mol. The van der Waals surface area contributed by atoms with E-state index in [2.05, 4.69) is 10.1 Å². The van der Waals surface area contributed by atoms with Crippen molar-refractivity contribution >= 4 is 10.9 Å². The van der Waals surface area contributed by atoms with Gasteiger partial charge in [0.15, 0.2) is 0 Å². The van der Waals surface area contributed by atoms with Crippen LogP contribution >= 0.6 is 0 Å². The summed E-state index contributed by atoms with van der Waals surface area (Å²) in [5.41, 5.74) is -1.32. The Morgan fingerprint density at radius 2 is 1.83 bits per heavy atom. The highest BCUT2D eigenvalue weighted by molar-refractivity contribution is 5.77. The molecule has 0 aliphatic heterocycles. The Labute approximate surface area is 160 Å².